The third-order valence-corrected chi connectivity index (χ3v) is 5.55. The van der Waals surface area contributed by atoms with Gasteiger partial charge >= 0.3 is 5.97 Å². The van der Waals surface area contributed by atoms with E-state index >= 15 is 0 Å². The third kappa shape index (κ3) is 3.58. The molecular weight excluding hydrogens is 386 g/mol. The molecule has 6 nitrogen and oxygen atoms in total. The number of hydrogen-bond acceptors (Lipinski definition) is 6. The van der Waals surface area contributed by atoms with Crippen LogP contribution >= 0.6 is 23.4 Å². The Morgan fingerprint density at radius 3 is 2.89 bits per heavy atom. The number of carbonyl (C=O) groups is 1. The van der Waals surface area contributed by atoms with Gasteiger partial charge in [0.05, 0.1) is 30.4 Å². The number of nitrogen functional groups attached to an aromatic ring is 1. The molecule has 0 atom stereocenters. The van der Waals surface area contributed by atoms with Crippen LogP contribution in [0.4, 0.5) is 5.95 Å². The number of aliphatic carboxylic acids is 1. The molecule has 1 aliphatic rings. The van der Waals surface area contributed by atoms with Gasteiger partial charge in [0.25, 0.3) is 0 Å². The molecule has 1 aromatic heterocycles. The summed E-state index contributed by atoms with van der Waals surface area (Å²) in [5.74, 6) is -0.316. The predicted molar refractivity (Wildman–Crippen MR) is 106 cm³/mol. The number of thioether (sulfide) groups is 1. The van der Waals surface area contributed by atoms with E-state index < -0.39 is 5.97 Å². The Morgan fingerprint density at radius 2 is 2.07 bits per heavy atom. The second kappa shape index (κ2) is 7.34. The lowest BCUT2D eigenvalue weighted by Crippen LogP contribution is -2.05. The Kier molecular flexibility index (Phi) is 4.90. The van der Waals surface area contributed by atoms with Crippen molar-refractivity contribution in [3.8, 4) is 11.3 Å². The minimum absolute atomic E-state index is 0.0473. The molecule has 0 amide bonds. The number of aromatic nitrogens is 2. The van der Waals surface area contributed by atoms with Gasteiger partial charge in [-0.1, -0.05) is 29.8 Å². The van der Waals surface area contributed by atoms with Crippen LogP contribution in [0.5, 0.6) is 0 Å². The highest BCUT2D eigenvalue weighted by Crippen LogP contribution is 2.40. The number of carboxylic acid groups (broad SMARTS) is 1. The second-order valence-corrected chi connectivity index (χ2v) is 7.69. The summed E-state index contributed by atoms with van der Waals surface area (Å²) < 4.78 is 5.63. The Bertz CT molecular complexity index is 1060. The molecule has 3 aromatic rings. The van der Waals surface area contributed by atoms with Gasteiger partial charge in [0.15, 0.2) is 0 Å². The van der Waals surface area contributed by atoms with Crippen LogP contribution in [0.1, 0.15) is 17.5 Å². The second-order valence-electron chi connectivity index (χ2n) is 6.17. The van der Waals surface area contributed by atoms with Gasteiger partial charge in [-0.05, 0) is 34.0 Å². The summed E-state index contributed by atoms with van der Waals surface area (Å²) in [7, 11) is 0. The number of halogens is 1. The van der Waals surface area contributed by atoms with Crippen LogP contribution in [0.2, 0.25) is 5.02 Å². The van der Waals surface area contributed by atoms with E-state index in [1.165, 1.54) is 11.8 Å². The van der Waals surface area contributed by atoms with Crippen LogP contribution in [-0.4, -0.2) is 26.8 Å². The van der Waals surface area contributed by atoms with Gasteiger partial charge < -0.3 is 15.6 Å². The predicted octanol–water partition coefficient (Wildman–Crippen LogP) is 4.13. The summed E-state index contributed by atoms with van der Waals surface area (Å²) in [6, 6.07) is 9.76. The first-order valence-electron chi connectivity index (χ1n) is 8.33. The number of ether oxygens (including phenoxy) is 1. The maximum absolute atomic E-state index is 10.7. The van der Waals surface area contributed by atoms with Gasteiger partial charge in [-0.25, -0.2) is 9.97 Å². The van der Waals surface area contributed by atoms with Crippen molar-refractivity contribution in [1.82, 2.24) is 9.97 Å². The molecule has 138 valence electrons. The molecule has 0 saturated carbocycles. The summed E-state index contributed by atoms with van der Waals surface area (Å²) in [4.78, 5) is 19.3. The monoisotopic (exact) mass is 401 g/mol. The molecular formula is C19H16ClN3O3S. The first kappa shape index (κ1) is 18.0. The van der Waals surface area contributed by atoms with E-state index in [4.69, 9.17) is 27.2 Å². The molecule has 3 N–H and O–H groups in total. The minimum Gasteiger partial charge on any atom is -0.481 e. The molecule has 1 aliphatic heterocycles. The summed E-state index contributed by atoms with van der Waals surface area (Å²) in [6.45, 7) is 1.09. The van der Waals surface area contributed by atoms with Crippen molar-refractivity contribution < 1.29 is 14.6 Å². The molecule has 2 heterocycles. The lowest BCUT2D eigenvalue weighted by atomic mass is 9.93. The van der Waals surface area contributed by atoms with Gasteiger partial charge in [-0.2, -0.15) is 0 Å². The van der Waals surface area contributed by atoms with Crippen molar-refractivity contribution >= 4 is 46.1 Å². The average molecular weight is 402 g/mol. The molecule has 0 unspecified atom stereocenters. The highest BCUT2D eigenvalue weighted by atomic mass is 35.5. The number of rotatable bonds is 5. The maximum atomic E-state index is 10.7. The van der Waals surface area contributed by atoms with Gasteiger partial charge in [0.1, 0.15) is 5.03 Å². The highest BCUT2D eigenvalue weighted by molar-refractivity contribution is 7.99. The van der Waals surface area contributed by atoms with Crippen molar-refractivity contribution in [2.45, 2.75) is 24.7 Å². The lowest BCUT2D eigenvalue weighted by Gasteiger charge is -2.20. The fraction of sp³-hybridized carbons (Fsp3) is 0.211. The standard InChI is InChI=1S/C19H16ClN3O3S/c20-13-6-11-9-26-8-10-2-1-3-12(17(10)11)18(13)14-7-15(23-19(21)22-14)27-5-4-16(24)25/h1-3,6-7H,4-5,8-9H2,(H,24,25)(H2,21,22,23). The Balaban J connectivity index is 1.83. The number of hydrogen-bond donors (Lipinski definition) is 2. The zero-order valence-corrected chi connectivity index (χ0v) is 15.8. The van der Waals surface area contributed by atoms with E-state index in [9.17, 15) is 4.79 Å². The van der Waals surface area contributed by atoms with Gasteiger partial charge in [-0.3, -0.25) is 4.79 Å². The molecule has 0 bridgehead atoms. The number of benzene rings is 2. The van der Waals surface area contributed by atoms with Crippen molar-refractivity contribution in [3.63, 3.8) is 0 Å². The summed E-state index contributed by atoms with van der Waals surface area (Å²) in [5.41, 5.74) is 9.50. The van der Waals surface area contributed by atoms with Crippen LogP contribution in [0, 0.1) is 0 Å². The topological polar surface area (TPSA) is 98.3 Å². The number of nitrogens with two attached hydrogens (primary N) is 1. The molecule has 0 saturated heterocycles. The van der Waals surface area contributed by atoms with Gasteiger partial charge in [-0.15, -0.1) is 11.8 Å². The average Bonchev–Trinajstić information content (AvgIpc) is 2.61. The van der Waals surface area contributed by atoms with Crippen LogP contribution < -0.4 is 5.73 Å². The van der Waals surface area contributed by atoms with E-state index in [-0.39, 0.29) is 12.4 Å². The molecule has 4 rings (SSSR count). The Morgan fingerprint density at radius 1 is 1.26 bits per heavy atom. The van der Waals surface area contributed by atoms with Crippen molar-refractivity contribution in [3.05, 3.63) is 46.5 Å². The minimum atomic E-state index is -0.849. The molecule has 8 heteroatoms. The molecule has 0 aliphatic carbocycles. The Labute approximate surface area is 164 Å². The van der Waals surface area contributed by atoms with Crippen molar-refractivity contribution in [2.75, 3.05) is 11.5 Å². The summed E-state index contributed by atoms with van der Waals surface area (Å²) in [5, 5.41) is 12.1. The van der Waals surface area contributed by atoms with Crippen molar-refractivity contribution in [1.29, 1.82) is 0 Å². The van der Waals surface area contributed by atoms with E-state index in [2.05, 4.69) is 9.97 Å². The highest BCUT2D eigenvalue weighted by Gasteiger charge is 2.20. The fourth-order valence-corrected chi connectivity index (χ4v) is 4.44. The number of nitrogens with zero attached hydrogens (tertiary/aromatic N) is 2. The van der Waals surface area contributed by atoms with Crippen molar-refractivity contribution in [2.24, 2.45) is 0 Å². The quantitative estimate of drug-likeness (QED) is 0.489. The normalized spacial score (nSPS) is 13.1. The van der Waals surface area contributed by atoms with Crippen LogP contribution in [0.15, 0.2) is 35.4 Å². The number of carboxylic acids is 1. The van der Waals surface area contributed by atoms with E-state index in [1.807, 2.05) is 24.3 Å². The smallest absolute Gasteiger partial charge is 0.304 e. The largest absolute Gasteiger partial charge is 0.481 e. The first-order valence-corrected chi connectivity index (χ1v) is 9.69. The number of anilines is 1. The fourth-order valence-electron chi connectivity index (χ4n) is 3.27. The summed E-state index contributed by atoms with van der Waals surface area (Å²) in [6.07, 6.45) is 0.0473. The van der Waals surface area contributed by atoms with Crippen LogP contribution in [0.3, 0.4) is 0 Å². The SMILES string of the molecule is Nc1nc(SCCC(=O)O)cc(-c2c(Cl)cc3c4c(cccc24)COC3)n1. The van der Waals surface area contributed by atoms with E-state index in [0.29, 0.717) is 34.7 Å². The Hall–Kier alpha value is -2.35. The van der Waals surface area contributed by atoms with E-state index in [1.54, 1.807) is 6.07 Å². The molecule has 27 heavy (non-hydrogen) atoms. The molecule has 0 spiro atoms. The molecule has 0 radical (unpaired) electrons. The van der Waals surface area contributed by atoms with E-state index in [0.717, 1.165) is 27.5 Å². The molecule has 0 fully saturated rings. The first-order chi connectivity index (χ1) is 13.0. The van der Waals surface area contributed by atoms with Crippen LogP contribution in [-0.2, 0) is 22.7 Å². The van der Waals surface area contributed by atoms with Gasteiger partial charge in [0, 0.05) is 11.3 Å². The third-order valence-electron chi connectivity index (χ3n) is 4.34. The molecule has 2 aromatic carbocycles. The summed E-state index contributed by atoms with van der Waals surface area (Å²) >= 11 is 7.94. The zero-order valence-electron chi connectivity index (χ0n) is 14.2. The maximum Gasteiger partial charge on any atom is 0.304 e. The van der Waals surface area contributed by atoms with Crippen LogP contribution in [0.25, 0.3) is 22.0 Å². The lowest BCUT2D eigenvalue weighted by molar-refractivity contribution is -0.136. The zero-order chi connectivity index (χ0) is 19.0. The van der Waals surface area contributed by atoms with Gasteiger partial charge in [0.2, 0.25) is 5.95 Å².